The highest BCUT2D eigenvalue weighted by Gasteiger charge is 2.60. The maximum Gasteiger partial charge on any atom is 0.290 e. The number of likely N-dealkylation sites (tertiary alicyclic amines) is 1. The van der Waals surface area contributed by atoms with Crippen molar-refractivity contribution < 1.29 is 14.0 Å². The molecule has 0 bridgehead atoms. The Hall–Kier alpha value is -3.35. The molecule has 7 nitrogen and oxygen atoms in total. The zero-order chi connectivity index (χ0) is 18.6. The van der Waals surface area contributed by atoms with Crippen molar-refractivity contribution in [2.24, 2.45) is 7.05 Å². The number of furan rings is 1. The van der Waals surface area contributed by atoms with E-state index in [1.54, 1.807) is 23.2 Å². The largest absolute Gasteiger partial charge is 0.459 e. The molecule has 0 saturated carbocycles. The number of carbonyl (C=O) groups is 2. The first-order valence-corrected chi connectivity index (χ1v) is 8.85. The van der Waals surface area contributed by atoms with Crippen LogP contribution in [0.5, 0.6) is 0 Å². The number of amides is 2. The zero-order valence-electron chi connectivity index (χ0n) is 14.8. The Morgan fingerprint density at radius 2 is 2.15 bits per heavy atom. The fraction of sp³-hybridized carbons (Fsp3) is 0.250. The van der Waals surface area contributed by atoms with Crippen molar-refractivity contribution in [2.45, 2.75) is 17.9 Å². The summed E-state index contributed by atoms with van der Waals surface area (Å²) in [5.41, 5.74) is 0.851. The van der Waals surface area contributed by atoms with Crippen LogP contribution in [0.15, 0.2) is 59.5 Å². The van der Waals surface area contributed by atoms with Crippen molar-refractivity contribution in [1.82, 2.24) is 14.5 Å². The highest BCUT2D eigenvalue weighted by molar-refractivity contribution is 6.08. The third-order valence-corrected chi connectivity index (χ3v) is 5.68. The van der Waals surface area contributed by atoms with Gasteiger partial charge in [0, 0.05) is 31.7 Å². The second kappa shape index (κ2) is 5.57. The molecular weight excluding hydrogens is 344 g/mol. The first-order chi connectivity index (χ1) is 13.1. The average Bonchev–Trinajstić information content (AvgIpc) is 3.44. The first-order valence-electron chi connectivity index (χ1n) is 8.85. The van der Waals surface area contributed by atoms with Crippen LogP contribution >= 0.6 is 0 Å². The minimum absolute atomic E-state index is 0.0913. The molecule has 2 aromatic heterocycles. The number of nitrogens with zero attached hydrogens (tertiary/aromatic N) is 3. The van der Waals surface area contributed by atoms with Gasteiger partial charge in [-0.3, -0.25) is 9.59 Å². The standard InChI is InChI=1S/C20H18N4O3/c1-23-11-9-21-17(23)16-20(13-5-2-3-6-14(13)22-19(20)26)8-10-24(16)18(25)15-7-4-12-27-15/h2-7,9,11-12,16H,8,10H2,1H3,(H,22,26)/t16-,20+/m0/s1. The fourth-order valence-corrected chi connectivity index (χ4v) is 4.45. The molecule has 0 aliphatic carbocycles. The van der Waals surface area contributed by atoms with Crippen molar-refractivity contribution in [2.75, 3.05) is 11.9 Å². The van der Waals surface area contributed by atoms with E-state index in [0.717, 1.165) is 11.3 Å². The highest BCUT2D eigenvalue weighted by atomic mass is 16.3. The van der Waals surface area contributed by atoms with Gasteiger partial charge in [-0.2, -0.15) is 0 Å². The molecule has 136 valence electrons. The van der Waals surface area contributed by atoms with E-state index < -0.39 is 11.5 Å². The summed E-state index contributed by atoms with van der Waals surface area (Å²) in [5, 5.41) is 3.00. The Bertz CT molecular complexity index is 1040. The molecule has 0 radical (unpaired) electrons. The lowest BCUT2D eigenvalue weighted by molar-refractivity contribution is -0.121. The van der Waals surface area contributed by atoms with Crippen LogP contribution in [0.3, 0.4) is 0 Å². The number of aromatic nitrogens is 2. The molecule has 1 spiro atoms. The summed E-state index contributed by atoms with van der Waals surface area (Å²) < 4.78 is 7.20. The summed E-state index contributed by atoms with van der Waals surface area (Å²) in [5.74, 6) is 0.616. The molecule has 2 aliphatic rings. The minimum Gasteiger partial charge on any atom is -0.459 e. The monoisotopic (exact) mass is 362 g/mol. The number of hydrogen-bond acceptors (Lipinski definition) is 4. The number of rotatable bonds is 2. The van der Waals surface area contributed by atoms with Crippen LogP contribution in [0.1, 0.15) is 34.4 Å². The molecule has 27 heavy (non-hydrogen) atoms. The van der Waals surface area contributed by atoms with Gasteiger partial charge in [0.2, 0.25) is 5.91 Å². The highest BCUT2D eigenvalue weighted by Crippen LogP contribution is 2.54. The molecule has 1 fully saturated rings. The van der Waals surface area contributed by atoms with E-state index in [4.69, 9.17) is 4.42 Å². The van der Waals surface area contributed by atoms with E-state index in [0.29, 0.717) is 18.8 Å². The van der Waals surface area contributed by atoms with E-state index >= 15 is 0 Å². The Morgan fingerprint density at radius 3 is 2.89 bits per heavy atom. The molecule has 2 amide bonds. The third-order valence-electron chi connectivity index (χ3n) is 5.68. The Balaban J connectivity index is 1.70. The number of anilines is 1. The van der Waals surface area contributed by atoms with E-state index in [1.807, 2.05) is 42.1 Å². The summed E-state index contributed by atoms with van der Waals surface area (Å²) in [6.07, 6.45) is 5.53. The molecule has 5 rings (SSSR count). The van der Waals surface area contributed by atoms with Crippen LogP contribution in [0.25, 0.3) is 0 Å². The summed E-state index contributed by atoms with van der Waals surface area (Å²) in [4.78, 5) is 32.6. The van der Waals surface area contributed by atoms with Crippen molar-refractivity contribution in [3.8, 4) is 0 Å². The molecule has 1 aromatic carbocycles. The van der Waals surface area contributed by atoms with Gasteiger partial charge in [0.1, 0.15) is 17.3 Å². The summed E-state index contributed by atoms with van der Waals surface area (Å²) >= 11 is 0. The van der Waals surface area contributed by atoms with Crippen LogP contribution < -0.4 is 5.32 Å². The van der Waals surface area contributed by atoms with Gasteiger partial charge in [-0.25, -0.2) is 4.98 Å². The van der Waals surface area contributed by atoms with Gasteiger partial charge in [-0.1, -0.05) is 18.2 Å². The van der Waals surface area contributed by atoms with Gasteiger partial charge in [-0.15, -0.1) is 0 Å². The number of fused-ring (bicyclic) bond motifs is 2. The Labute approximate surface area is 155 Å². The predicted octanol–water partition coefficient (Wildman–Crippen LogP) is 2.49. The maximum atomic E-state index is 13.2. The Kier molecular flexibility index (Phi) is 3.28. The van der Waals surface area contributed by atoms with Gasteiger partial charge >= 0.3 is 0 Å². The quantitative estimate of drug-likeness (QED) is 0.759. The van der Waals surface area contributed by atoms with Crippen LogP contribution in [-0.4, -0.2) is 32.8 Å². The van der Waals surface area contributed by atoms with Crippen molar-refractivity contribution in [1.29, 1.82) is 0 Å². The van der Waals surface area contributed by atoms with Crippen LogP contribution in [0.2, 0.25) is 0 Å². The predicted molar refractivity (Wildman–Crippen MR) is 97.1 cm³/mol. The summed E-state index contributed by atoms with van der Waals surface area (Å²) in [6, 6.07) is 10.5. The second-order valence-electron chi connectivity index (χ2n) is 7.00. The van der Waals surface area contributed by atoms with E-state index in [9.17, 15) is 9.59 Å². The van der Waals surface area contributed by atoms with Crippen LogP contribution in [0, 0.1) is 0 Å². The lowest BCUT2D eigenvalue weighted by atomic mass is 9.74. The number of carbonyl (C=O) groups excluding carboxylic acids is 2. The summed E-state index contributed by atoms with van der Waals surface area (Å²) in [6.45, 7) is 0.443. The maximum absolute atomic E-state index is 13.2. The molecule has 7 heteroatoms. The van der Waals surface area contributed by atoms with Crippen molar-refractivity contribution >= 4 is 17.5 Å². The second-order valence-corrected chi connectivity index (χ2v) is 7.00. The van der Waals surface area contributed by atoms with E-state index in [2.05, 4.69) is 10.3 Å². The van der Waals surface area contributed by atoms with Crippen LogP contribution in [0.4, 0.5) is 5.69 Å². The number of hydrogen-bond donors (Lipinski definition) is 1. The van der Waals surface area contributed by atoms with Crippen molar-refractivity contribution in [3.63, 3.8) is 0 Å². The molecule has 2 atom stereocenters. The van der Waals surface area contributed by atoms with Crippen LogP contribution in [-0.2, 0) is 17.3 Å². The fourth-order valence-electron chi connectivity index (χ4n) is 4.45. The number of aryl methyl sites for hydroxylation is 1. The average molecular weight is 362 g/mol. The number of imidazole rings is 1. The molecule has 4 heterocycles. The lowest BCUT2D eigenvalue weighted by Gasteiger charge is -2.33. The van der Waals surface area contributed by atoms with Gasteiger partial charge < -0.3 is 19.2 Å². The minimum atomic E-state index is -0.863. The molecule has 0 unspecified atom stereocenters. The summed E-state index contributed by atoms with van der Waals surface area (Å²) in [7, 11) is 1.88. The zero-order valence-corrected chi connectivity index (χ0v) is 14.8. The number of benzene rings is 1. The normalized spacial score (nSPS) is 23.7. The van der Waals surface area contributed by atoms with E-state index in [-0.39, 0.29) is 17.6 Å². The Morgan fingerprint density at radius 1 is 1.30 bits per heavy atom. The lowest BCUT2D eigenvalue weighted by Crippen LogP contribution is -2.43. The molecule has 2 aliphatic heterocycles. The van der Waals surface area contributed by atoms with Gasteiger partial charge in [0.15, 0.2) is 5.76 Å². The smallest absolute Gasteiger partial charge is 0.290 e. The van der Waals surface area contributed by atoms with Gasteiger partial charge in [-0.05, 0) is 30.2 Å². The van der Waals surface area contributed by atoms with Gasteiger partial charge in [0.25, 0.3) is 5.91 Å². The van der Waals surface area contributed by atoms with E-state index in [1.165, 1.54) is 6.26 Å². The molecule has 3 aromatic rings. The molecule has 1 N–H and O–H groups in total. The number of para-hydroxylation sites is 1. The molecule has 1 saturated heterocycles. The topological polar surface area (TPSA) is 80.4 Å². The first kappa shape index (κ1) is 15.9. The van der Waals surface area contributed by atoms with Crippen molar-refractivity contribution in [3.05, 3.63) is 72.2 Å². The van der Waals surface area contributed by atoms with Gasteiger partial charge in [0.05, 0.1) is 6.26 Å². The SMILES string of the molecule is Cn1ccnc1[C@@H]1N(C(=O)c2ccco2)CC[C@]12C(=O)Nc1ccccc12. The number of nitrogens with one attached hydrogen (secondary N) is 1. The third kappa shape index (κ3) is 2.05. The molecular formula is C20H18N4O3.